The highest BCUT2D eigenvalue weighted by atomic mass is 16.5. The van der Waals surface area contributed by atoms with Gasteiger partial charge in [-0.2, -0.15) is 0 Å². The van der Waals surface area contributed by atoms with Gasteiger partial charge in [0.05, 0.1) is 12.3 Å². The molecule has 2 aromatic heterocycles. The largest absolute Gasteiger partial charge is 0.435 e. The van der Waals surface area contributed by atoms with Crippen LogP contribution in [-0.2, 0) is 0 Å². The molecule has 1 saturated heterocycles. The van der Waals surface area contributed by atoms with Crippen molar-refractivity contribution >= 4 is 0 Å². The van der Waals surface area contributed by atoms with Crippen LogP contribution in [0, 0.1) is 6.92 Å². The Bertz CT molecular complexity index is 648. The van der Waals surface area contributed by atoms with Gasteiger partial charge in [-0.15, -0.1) is 0 Å². The summed E-state index contributed by atoms with van der Waals surface area (Å²) >= 11 is 0. The van der Waals surface area contributed by atoms with Gasteiger partial charge in [0.1, 0.15) is 5.69 Å². The van der Waals surface area contributed by atoms with E-state index >= 15 is 0 Å². The van der Waals surface area contributed by atoms with Gasteiger partial charge in [0.2, 0.25) is 5.88 Å². The van der Waals surface area contributed by atoms with Crippen molar-refractivity contribution < 1.29 is 9.84 Å². The van der Waals surface area contributed by atoms with Gasteiger partial charge >= 0.3 is 0 Å². The van der Waals surface area contributed by atoms with Gasteiger partial charge in [-0.1, -0.05) is 0 Å². The van der Waals surface area contributed by atoms with Crippen molar-refractivity contribution in [1.29, 1.82) is 0 Å². The molecule has 6 nitrogen and oxygen atoms in total. The van der Waals surface area contributed by atoms with Crippen LogP contribution < -0.4 is 4.74 Å². The van der Waals surface area contributed by atoms with Crippen LogP contribution in [0.1, 0.15) is 30.1 Å². The first-order chi connectivity index (χ1) is 11.3. The normalized spacial score (nSPS) is 18.8. The standard InChI is InChI=1S/C17H22N4O2/c1-13-15(5-2-6-18-13)23-17-16(19-7-8-20-17)14-4-3-9-21(12-14)10-11-22/h2,5-8,14,22H,3-4,9-12H2,1H3/t14-/m0/s1. The van der Waals surface area contributed by atoms with E-state index in [1.807, 2.05) is 19.1 Å². The van der Waals surface area contributed by atoms with Gasteiger partial charge in [0.25, 0.3) is 0 Å². The van der Waals surface area contributed by atoms with Crippen LogP contribution in [0.4, 0.5) is 0 Å². The summed E-state index contributed by atoms with van der Waals surface area (Å²) in [7, 11) is 0. The number of ether oxygens (including phenoxy) is 1. The molecule has 0 saturated carbocycles. The minimum atomic E-state index is 0.186. The summed E-state index contributed by atoms with van der Waals surface area (Å²) in [6.07, 6.45) is 7.26. The second-order valence-corrected chi connectivity index (χ2v) is 5.80. The Morgan fingerprint density at radius 1 is 1.26 bits per heavy atom. The van der Waals surface area contributed by atoms with Crippen molar-refractivity contribution in [1.82, 2.24) is 19.9 Å². The number of pyridine rings is 1. The van der Waals surface area contributed by atoms with Crippen molar-refractivity contribution in [3.63, 3.8) is 0 Å². The molecule has 1 fully saturated rings. The molecule has 1 atom stereocenters. The predicted molar refractivity (Wildman–Crippen MR) is 86.6 cm³/mol. The molecule has 1 N–H and O–H groups in total. The molecule has 3 rings (SSSR count). The van der Waals surface area contributed by atoms with Crippen LogP contribution in [0.2, 0.25) is 0 Å². The summed E-state index contributed by atoms with van der Waals surface area (Å²) in [6, 6.07) is 3.74. The second-order valence-electron chi connectivity index (χ2n) is 5.80. The van der Waals surface area contributed by atoms with Crippen molar-refractivity contribution in [2.24, 2.45) is 0 Å². The smallest absolute Gasteiger partial charge is 0.241 e. The number of aliphatic hydroxyl groups excluding tert-OH is 1. The molecule has 122 valence electrons. The van der Waals surface area contributed by atoms with E-state index in [1.165, 1.54) is 0 Å². The third kappa shape index (κ3) is 3.83. The summed E-state index contributed by atoms with van der Waals surface area (Å²) in [6.45, 7) is 4.70. The first kappa shape index (κ1) is 15.8. The fourth-order valence-electron chi connectivity index (χ4n) is 3.00. The highest BCUT2D eigenvalue weighted by Gasteiger charge is 2.25. The van der Waals surface area contributed by atoms with Crippen LogP contribution in [0.3, 0.4) is 0 Å². The van der Waals surface area contributed by atoms with E-state index in [2.05, 4.69) is 19.9 Å². The zero-order chi connectivity index (χ0) is 16.1. The Hall–Kier alpha value is -2.05. The van der Waals surface area contributed by atoms with E-state index in [1.54, 1.807) is 18.6 Å². The summed E-state index contributed by atoms with van der Waals surface area (Å²) < 4.78 is 5.98. The van der Waals surface area contributed by atoms with E-state index in [-0.39, 0.29) is 12.5 Å². The van der Waals surface area contributed by atoms with Crippen LogP contribution in [-0.4, -0.2) is 51.2 Å². The molecule has 0 radical (unpaired) electrons. The topological polar surface area (TPSA) is 71.4 Å². The van der Waals surface area contributed by atoms with Crippen molar-refractivity contribution in [2.45, 2.75) is 25.7 Å². The number of β-amino-alcohol motifs (C(OH)–C–C–N with tert-alkyl or cyclic N) is 1. The fraction of sp³-hybridized carbons (Fsp3) is 0.471. The highest BCUT2D eigenvalue weighted by Crippen LogP contribution is 2.32. The van der Waals surface area contributed by atoms with Crippen molar-refractivity contribution in [2.75, 3.05) is 26.2 Å². The second kappa shape index (κ2) is 7.48. The average Bonchev–Trinajstić information content (AvgIpc) is 2.58. The lowest BCUT2D eigenvalue weighted by Crippen LogP contribution is -2.36. The molecular formula is C17H22N4O2. The number of rotatable bonds is 5. The summed E-state index contributed by atoms with van der Waals surface area (Å²) in [5, 5.41) is 9.15. The molecule has 2 aromatic rings. The monoisotopic (exact) mass is 314 g/mol. The van der Waals surface area contributed by atoms with Crippen molar-refractivity contribution in [3.05, 3.63) is 42.1 Å². The number of nitrogens with zero attached hydrogens (tertiary/aromatic N) is 4. The Labute approximate surface area is 136 Å². The van der Waals surface area contributed by atoms with E-state index in [0.717, 1.165) is 37.3 Å². The number of aryl methyl sites for hydroxylation is 1. The number of hydrogen-bond donors (Lipinski definition) is 1. The first-order valence-electron chi connectivity index (χ1n) is 8.01. The Morgan fingerprint density at radius 2 is 2.13 bits per heavy atom. The molecule has 0 aliphatic carbocycles. The summed E-state index contributed by atoms with van der Waals surface area (Å²) in [4.78, 5) is 15.4. The number of piperidine rings is 1. The van der Waals surface area contributed by atoms with E-state index in [4.69, 9.17) is 9.84 Å². The Balaban J connectivity index is 1.82. The number of aromatic nitrogens is 3. The highest BCUT2D eigenvalue weighted by molar-refractivity contribution is 5.33. The molecule has 3 heterocycles. The lowest BCUT2D eigenvalue weighted by atomic mass is 9.94. The average molecular weight is 314 g/mol. The van der Waals surface area contributed by atoms with E-state index < -0.39 is 0 Å². The number of likely N-dealkylation sites (tertiary alicyclic amines) is 1. The molecule has 0 spiro atoms. The fourth-order valence-corrected chi connectivity index (χ4v) is 3.00. The molecule has 0 unspecified atom stereocenters. The molecular weight excluding hydrogens is 292 g/mol. The molecule has 0 amide bonds. The van der Waals surface area contributed by atoms with Gasteiger partial charge in [-0.3, -0.25) is 9.97 Å². The molecule has 23 heavy (non-hydrogen) atoms. The maximum atomic E-state index is 9.15. The summed E-state index contributed by atoms with van der Waals surface area (Å²) in [5.41, 5.74) is 1.72. The maximum Gasteiger partial charge on any atom is 0.241 e. The minimum absolute atomic E-state index is 0.186. The zero-order valence-corrected chi connectivity index (χ0v) is 13.4. The zero-order valence-electron chi connectivity index (χ0n) is 13.4. The lowest BCUT2D eigenvalue weighted by Gasteiger charge is -2.32. The van der Waals surface area contributed by atoms with Gasteiger partial charge in [0, 0.05) is 37.6 Å². The third-order valence-corrected chi connectivity index (χ3v) is 4.16. The molecule has 6 heteroatoms. The SMILES string of the molecule is Cc1ncccc1Oc1nccnc1[C@H]1CCCN(CCO)C1. The van der Waals surface area contributed by atoms with E-state index in [9.17, 15) is 0 Å². The predicted octanol–water partition coefficient (Wildman–Crippen LogP) is 2.14. The maximum absolute atomic E-state index is 9.15. The molecule has 0 bridgehead atoms. The molecule has 0 aromatic carbocycles. The minimum Gasteiger partial charge on any atom is -0.435 e. The first-order valence-corrected chi connectivity index (χ1v) is 8.01. The van der Waals surface area contributed by atoms with Gasteiger partial charge in [0.15, 0.2) is 5.75 Å². The number of aliphatic hydroxyl groups is 1. The van der Waals surface area contributed by atoms with E-state index in [0.29, 0.717) is 18.2 Å². The van der Waals surface area contributed by atoms with Gasteiger partial charge < -0.3 is 14.7 Å². The van der Waals surface area contributed by atoms with Crippen LogP contribution >= 0.6 is 0 Å². The van der Waals surface area contributed by atoms with Crippen molar-refractivity contribution in [3.8, 4) is 11.6 Å². The quantitative estimate of drug-likeness (QED) is 0.912. The number of hydrogen-bond acceptors (Lipinski definition) is 6. The lowest BCUT2D eigenvalue weighted by molar-refractivity contribution is 0.159. The van der Waals surface area contributed by atoms with Crippen LogP contribution in [0.25, 0.3) is 0 Å². The van der Waals surface area contributed by atoms with Crippen LogP contribution in [0.5, 0.6) is 11.6 Å². The third-order valence-electron chi connectivity index (χ3n) is 4.16. The van der Waals surface area contributed by atoms with Gasteiger partial charge in [-0.25, -0.2) is 4.98 Å². The Kier molecular flexibility index (Phi) is 5.15. The van der Waals surface area contributed by atoms with Gasteiger partial charge in [-0.05, 0) is 38.4 Å². The molecule has 1 aliphatic heterocycles. The van der Waals surface area contributed by atoms with Crippen LogP contribution in [0.15, 0.2) is 30.7 Å². The molecule has 1 aliphatic rings. The summed E-state index contributed by atoms with van der Waals surface area (Å²) in [5.74, 6) is 1.53. The Morgan fingerprint density at radius 3 is 2.96 bits per heavy atom.